The van der Waals surface area contributed by atoms with Crippen LogP contribution < -0.4 is 0 Å². The van der Waals surface area contributed by atoms with Crippen molar-refractivity contribution in [2.45, 2.75) is 25.4 Å². The Morgan fingerprint density at radius 1 is 1.42 bits per heavy atom. The maximum atomic E-state index is 11.1. The summed E-state index contributed by atoms with van der Waals surface area (Å²) in [5, 5.41) is 10.4. The maximum Gasteiger partial charge on any atom is 0.305 e. The molecule has 0 fully saturated rings. The summed E-state index contributed by atoms with van der Waals surface area (Å²) in [6, 6.07) is 3.87. The summed E-state index contributed by atoms with van der Waals surface area (Å²) < 4.78 is 6.88. The molecule has 0 radical (unpaired) electrons. The van der Waals surface area contributed by atoms with Crippen LogP contribution >= 0.6 is 54.5 Å². The van der Waals surface area contributed by atoms with Crippen LogP contribution in [0.2, 0.25) is 0 Å². The lowest BCUT2D eigenvalue weighted by Gasteiger charge is -2.24. The molecule has 0 aliphatic heterocycles. The minimum absolute atomic E-state index is 0.226. The van der Waals surface area contributed by atoms with Gasteiger partial charge in [0.1, 0.15) is 0 Å². The van der Waals surface area contributed by atoms with Crippen molar-refractivity contribution in [3.63, 3.8) is 0 Å². The molecule has 0 aliphatic rings. The minimum Gasteiger partial charge on any atom is -0.469 e. The Kier molecular flexibility index (Phi) is 6.75. The number of alkyl halides is 1. The maximum absolute atomic E-state index is 11.1. The monoisotopic (exact) mass is 504 g/mol. The fourth-order valence-electron chi connectivity index (χ4n) is 1.70. The van der Waals surface area contributed by atoms with Crippen LogP contribution in [0, 0.1) is 0 Å². The number of benzene rings is 1. The van der Waals surface area contributed by atoms with Gasteiger partial charge in [0, 0.05) is 25.4 Å². The molecule has 0 spiro atoms. The SMILES string of the molecule is COC(=O)CCc1cc(Br)c(C(C)(O)CI)c(Br)c1. The van der Waals surface area contributed by atoms with Gasteiger partial charge in [-0.25, -0.2) is 0 Å². The average Bonchev–Trinajstić information content (AvgIpc) is 2.34. The van der Waals surface area contributed by atoms with Crippen LogP contribution in [0.15, 0.2) is 21.1 Å². The van der Waals surface area contributed by atoms with Crippen LogP contribution in [-0.4, -0.2) is 22.6 Å². The third kappa shape index (κ3) is 4.68. The van der Waals surface area contributed by atoms with Crippen molar-refractivity contribution in [2.75, 3.05) is 11.5 Å². The van der Waals surface area contributed by atoms with Gasteiger partial charge in [-0.15, -0.1) is 0 Å². The molecule has 0 amide bonds. The Labute approximate surface area is 143 Å². The van der Waals surface area contributed by atoms with E-state index in [1.807, 2.05) is 12.1 Å². The Balaban J connectivity index is 3.01. The zero-order valence-corrected chi connectivity index (χ0v) is 16.0. The molecule has 0 aromatic heterocycles. The van der Waals surface area contributed by atoms with E-state index >= 15 is 0 Å². The second kappa shape index (κ2) is 7.38. The molecule has 1 aromatic carbocycles. The first-order chi connectivity index (χ1) is 8.81. The van der Waals surface area contributed by atoms with E-state index in [0.717, 1.165) is 20.1 Å². The number of carbonyl (C=O) groups is 1. The standard InChI is InChI=1S/C13H15Br2IO3/c1-13(18,7-16)12-9(14)5-8(6-10(12)15)3-4-11(17)19-2/h5-6,18H,3-4,7H2,1-2H3. The van der Waals surface area contributed by atoms with Gasteiger partial charge in [-0.2, -0.15) is 0 Å². The van der Waals surface area contributed by atoms with Gasteiger partial charge in [-0.1, -0.05) is 54.5 Å². The molecular weight excluding hydrogens is 491 g/mol. The number of carbonyl (C=O) groups excluding carboxylic acids is 1. The number of hydrogen-bond donors (Lipinski definition) is 1. The molecule has 1 N–H and O–H groups in total. The topological polar surface area (TPSA) is 46.5 Å². The summed E-state index contributed by atoms with van der Waals surface area (Å²) in [6.45, 7) is 1.78. The Morgan fingerprint density at radius 2 is 1.95 bits per heavy atom. The molecule has 0 aliphatic carbocycles. The fourth-order valence-corrected chi connectivity index (χ4v) is 4.22. The van der Waals surface area contributed by atoms with E-state index in [2.05, 4.69) is 59.2 Å². The fraction of sp³-hybridized carbons (Fsp3) is 0.462. The van der Waals surface area contributed by atoms with Crippen molar-refractivity contribution < 1.29 is 14.6 Å². The van der Waals surface area contributed by atoms with Gasteiger partial charge in [0.05, 0.1) is 12.7 Å². The first-order valence-electron chi connectivity index (χ1n) is 5.65. The van der Waals surface area contributed by atoms with Crippen molar-refractivity contribution in [2.24, 2.45) is 0 Å². The molecular formula is C13H15Br2IO3. The van der Waals surface area contributed by atoms with Gasteiger partial charge in [0.2, 0.25) is 0 Å². The predicted molar refractivity (Wildman–Crippen MR) is 90.6 cm³/mol. The van der Waals surface area contributed by atoms with Gasteiger partial charge in [0.25, 0.3) is 0 Å². The molecule has 0 bridgehead atoms. The number of hydrogen-bond acceptors (Lipinski definition) is 3. The normalized spacial score (nSPS) is 14.0. The Hall–Kier alpha value is 0.340. The zero-order valence-electron chi connectivity index (χ0n) is 10.7. The highest BCUT2D eigenvalue weighted by molar-refractivity contribution is 14.1. The highest BCUT2D eigenvalue weighted by atomic mass is 127. The molecule has 19 heavy (non-hydrogen) atoms. The number of aliphatic hydroxyl groups is 1. The predicted octanol–water partition coefficient (Wildman–Crippen LogP) is 3.96. The number of esters is 1. The summed E-state index contributed by atoms with van der Waals surface area (Å²) in [4.78, 5) is 11.1. The van der Waals surface area contributed by atoms with E-state index in [9.17, 15) is 9.90 Å². The van der Waals surface area contributed by atoms with E-state index in [-0.39, 0.29) is 5.97 Å². The number of ether oxygens (including phenoxy) is 1. The van der Waals surface area contributed by atoms with E-state index in [1.165, 1.54) is 7.11 Å². The molecule has 106 valence electrons. The summed E-state index contributed by atoms with van der Waals surface area (Å²) in [7, 11) is 1.38. The second-order valence-corrected chi connectivity index (χ2v) is 6.89. The number of halogens is 3. The molecule has 6 heteroatoms. The largest absolute Gasteiger partial charge is 0.469 e. The van der Waals surface area contributed by atoms with E-state index in [0.29, 0.717) is 17.3 Å². The lowest BCUT2D eigenvalue weighted by Crippen LogP contribution is -2.24. The van der Waals surface area contributed by atoms with E-state index in [4.69, 9.17) is 0 Å². The summed E-state index contributed by atoms with van der Waals surface area (Å²) in [5.74, 6) is -0.226. The van der Waals surface area contributed by atoms with Crippen LogP contribution in [0.4, 0.5) is 0 Å². The smallest absolute Gasteiger partial charge is 0.305 e. The highest BCUT2D eigenvalue weighted by Gasteiger charge is 2.27. The van der Waals surface area contributed by atoms with Crippen molar-refractivity contribution in [3.05, 3.63) is 32.2 Å². The van der Waals surface area contributed by atoms with Gasteiger partial charge < -0.3 is 9.84 Å². The van der Waals surface area contributed by atoms with Crippen LogP contribution in [0.1, 0.15) is 24.5 Å². The van der Waals surface area contributed by atoms with Crippen molar-refractivity contribution in [1.29, 1.82) is 0 Å². The lowest BCUT2D eigenvalue weighted by molar-refractivity contribution is -0.140. The molecule has 0 heterocycles. The van der Waals surface area contributed by atoms with E-state index in [1.54, 1.807) is 6.92 Å². The summed E-state index contributed by atoms with van der Waals surface area (Å²) in [5.41, 5.74) is 0.930. The molecule has 0 saturated carbocycles. The van der Waals surface area contributed by atoms with Gasteiger partial charge in [0.15, 0.2) is 0 Å². The lowest BCUT2D eigenvalue weighted by atomic mass is 9.96. The third-order valence-electron chi connectivity index (χ3n) is 2.75. The summed E-state index contributed by atoms with van der Waals surface area (Å²) >= 11 is 9.13. The Bertz CT molecular complexity index is 452. The molecule has 1 unspecified atom stereocenters. The van der Waals surface area contributed by atoms with Crippen LogP contribution in [0.5, 0.6) is 0 Å². The van der Waals surface area contributed by atoms with Gasteiger partial charge >= 0.3 is 5.97 Å². The van der Waals surface area contributed by atoms with Gasteiger partial charge in [-0.3, -0.25) is 4.79 Å². The Morgan fingerprint density at radius 3 is 2.37 bits per heavy atom. The van der Waals surface area contributed by atoms with Crippen LogP contribution in [0.3, 0.4) is 0 Å². The molecule has 3 nitrogen and oxygen atoms in total. The number of methoxy groups -OCH3 is 1. The number of rotatable bonds is 5. The van der Waals surface area contributed by atoms with Crippen LogP contribution in [0.25, 0.3) is 0 Å². The molecule has 0 saturated heterocycles. The summed E-state index contributed by atoms with van der Waals surface area (Å²) in [6.07, 6.45) is 0.952. The average molecular weight is 506 g/mol. The molecule has 1 atom stereocenters. The van der Waals surface area contributed by atoms with Crippen molar-refractivity contribution in [3.8, 4) is 0 Å². The first kappa shape index (κ1) is 17.4. The quantitative estimate of drug-likeness (QED) is 0.374. The third-order valence-corrected chi connectivity index (χ3v) is 5.48. The minimum atomic E-state index is -0.904. The molecule has 1 aromatic rings. The van der Waals surface area contributed by atoms with Gasteiger partial charge in [-0.05, 0) is 31.0 Å². The number of aryl methyl sites for hydroxylation is 1. The zero-order chi connectivity index (χ0) is 14.6. The van der Waals surface area contributed by atoms with Crippen LogP contribution in [-0.2, 0) is 21.6 Å². The molecule has 1 rings (SSSR count). The first-order valence-corrected chi connectivity index (χ1v) is 8.76. The van der Waals surface area contributed by atoms with E-state index < -0.39 is 5.60 Å². The highest BCUT2D eigenvalue weighted by Crippen LogP contribution is 2.37. The van der Waals surface area contributed by atoms with Crippen molar-refractivity contribution >= 4 is 60.4 Å². The second-order valence-electron chi connectivity index (χ2n) is 4.42. The van der Waals surface area contributed by atoms with Crippen molar-refractivity contribution in [1.82, 2.24) is 0 Å².